The quantitative estimate of drug-likeness (QED) is 0.532. The van der Waals surface area contributed by atoms with E-state index in [4.69, 9.17) is 16.2 Å². The molecule has 0 aromatic heterocycles. The van der Waals surface area contributed by atoms with Crippen molar-refractivity contribution in [1.82, 2.24) is 0 Å². The topological polar surface area (TPSA) is 125 Å². The van der Waals surface area contributed by atoms with Gasteiger partial charge in [-0.3, -0.25) is 4.79 Å². The van der Waals surface area contributed by atoms with Crippen molar-refractivity contribution in [2.75, 3.05) is 12.4 Å². The summed E-state index contributed by atoms with van der Waals surface area (Å²) in [4.78, 5) is 15.2. The first-order valence-electron chi connectivity index (χ1n) is 5.45. The Bertz CT molecular complexity index is 675. The summed E-state index contributed by atoms with van der Waals surface area (Å²) in [5.41, 5.74) is 11.0. The van der Waals surface area contributed by atoms with Gasteiger partial charge in [0.1, 0.15) is 17.3 Å². The number of hydrogen-bond donors (Lipinski definition) is 2. The Morgan fingerprint density at radius 2 is 2.05 bits per heavy atom. The summed E-state index contributed by atoms with van der Waals surface area (Å²) in [7, 11) is -3.43. The van der Waals surface area contributed by atoms with Gasteiger partial charge in [0, 0.05) is 5.56 Å². The lowest BCUT2D eigenvalue weighted by Crippen LogP contribution is -2.25. The van der Waals surface area contributed by atoms with Crippen LogP contribution in [0.15, 0.2) is 22.0 Å². The fraction of sp³-hybridized carbons (Fsp3) is 0.273. The maximum absolute atomic E-state index is 11.9. The van der Waals surface area contributed by atoms with Crippen LogP contribution in [0.1, 0.15) is 15.9 Å². The summed E-state index contributed by atoms with van der Waals surface area (Å²) in [5, 5.41) is 0. The third-order valence-electron chi connectivity index (χ3n) is 2.70. The number of hydrogen-bond acceptors (Lipinski definition) is 4. The van der Waals surface area contributed by atoms with Gasteiger partial charge < -0.3 is 16.2 Å². The van der Waals surface area contributed by atoms with Crippen molar-refractivity contribution >= 4 is 21.7 Å². The normalized spacial score (nSPS) is 16.1. The van der Waals surface area contributed by atoms with Crippen molar-refractivity contribution in [3.05, 3.63) is 23.3 Å². The second kappa shape index (κ2) is 4.54. The predicted molar refractivity (Wildman–Crippen MR) is 68.9 cm³/mol. The number of nitrogens with zero attached hydrogens (tertiary/aromatic N) is 1. The minimum absolute atomic E-state index is 0.00140. The number of aliphatic imine (C=N–C) groups is 1. The Labute approximate surface area is 110 Å². The minimum atomic E-state index is -3.43. The van der Waals surface area contributed by atoms with Crippen LogP contribution in [0.25, 0.3) is 0 Å². The van der Waals surface area contributed by atoms with Crippen LogP contribution in [0, 0.1) is 6.92 Å². The van der Waals surface area contributed by atoms with Crippen molar-refractivity contribution < 1.29 is 17.9 Å². The standard InChI is InChI=1S/C11H13N3O4S/c1-6-4-8-9(19(16,17)3-2-18-8)5-7(6)10(15)14-11(12)13/h4-5H,2-3H2,1H3,(H4,12,13,14,15). The molecule has 8 heteroatoms. The molecular formula is C11H13N3O4S. The molecule has 0 atom stereocenters. The maximum Gasteiger partial charge on any atom is 0.280 e. The molecule has 1 heterocycles. The largest absolute Gasteiger partial charge is 0.491 e. The monoisotopic (exact) mass is 283 g/mol. The fourth-order valence-corrected chi connectivity index (χ4v) is 3.04. The zero-order valence-electron chi connectivity index (χ0n) is 10.2. The molecule has 0 aliphatic carbocycles. The number of rotatable bonds is 1. The van der Waals surface area contributed by atoms with E-state index in [-0.39, 0.29) is 34.5 Å². The van der Waals surface area contributed by atoms with Crippen LogP contribution in [0.2, 0.25) is 0 Å². The first-order valence-corrected chi connectivity index (χ1v) is 7.10. The highest BCUT2D eigenvalue weighted by atomic mass is 32.2. The zero-order valence-corrected chi connectivity index (χ0v) is 11.0. The van der Waals surface area contributed by atoms with Crippen LogP contribution in [0.5, 0.6) is 5.75 Å². The highest BCUT2D eigenvalue weighted by Gasteiger charge is 2.27. The van der Waals surface area contributed by atoms with E-state index in [1.54, 1.807) is 6.92 Å². The van der Waals surface area contributed by atoms with Gasteiger partial charge in [-0.05, 0) is 24.6 Å². The Kier molecular flexibility index (Phi) is 3.19. The van der Waals surface area contributed by atoms with Crippen molar-refractivity contribution in [1.29, 1.82) is 0 Å². The maximum atomic E-state index is 11.9. The van der Waals surface area contributed by atoms with Crippen molar-refractivity contribution in [3.63, 3.8) is 0 Å². The molecular weight excluding hydrogens is 270 g/mol. The molecule has 0 radical (unpaired) electrons. The van der Waals surface area contributed by atoms with Gasteiger partial charge in [-0.25, -0.2) is 8.42 Å². The third kappa shape index (κ3) is 2.53. The van der Waals surface area contributed by atoms with E-state index < -0.39 is 15.7 Å². The average Bonchev–Trinajstić information content (AvgIpc) is 2.26. The van der Waals surface area contributed by atoms with Crippen molar-refractivity contribution in [2.45, 2.75) is 11.8 Å². The predicted octanol–water partition coefficient (Wildman–Crippen LogP) is -0.425. The number of carbonyl (C=O) groups is 1. The van der Waals surface area contributed by atoms with E-state index in [9.17, 15) is 13.2 Å². The van der Waals surface area contributed by atoms with Crippen LogP contribution < -0.4 is 16.2 Å². The van der Waals surface area contributed by atoms with Gasteiger partial charge in [0.15, 0.2) is 15.8 Å². The summed E-state index contributed by atoms with van der Waals surface area (Å²) in [5.74, 6) is -0.911. The van der Waals surface area contributed by atoms with E-state index in [2.05, 4.69) is 4.99 Å². The number of nitrogens with two attached hydrogens (primary N) is 2. The summed E-state index contributed by atoms with van der Waals surface area (Å²) < 4.78 is 29.1. The lowest BCUT2D eigenvalue weighted by Gasteiger charge is -2.19. The SMILES string of the molecule is Cc1cc2c(cc1C(=O)N=C(N)N)S(=O)(=O)CCO2. The van der Waals surface area contributed by atoms with E-state index in [0.717, 1.165) is 0 Å². The Balaban J connectivity index is 2.60. The van der Waals surface area contributed by atoms with Gasteiger partial charge >= 0.3 is 0 Å². The Morgan fingerprint density at radius 3 is 2.68 bits per heavy atom. The number of fused-ring (bicyclic) bond motifs is 1. The van der Waals surface area contributed by atoms with Crippen LogP contribution >= 0.6 is 0 Å². The minimum Gasteiger partial charge on any atom is -0.491 e. The number of benzene rings is 1. The molecule has 1 aliphatic heterocycles. The number of amides is 1. The third-order valence-corrected chi connectivity index (χ3v) is 4.39. The second-order valence-corrected chi connectivity index (χ2v) is 6.20. The van der Waals surface area contributed by atoms with Gasteiger partial charge in [-0.1, -0.05) is 0 Å². The first-order chi connectivity index (χ1) is 8.81. The van der Waals surface area contributed by atoms with E-state index in [1.807, 2.05) is 0 Å². The molecule has 2 rings (SSSR count). The molecule has 102 valence electrons. The number of sulfone groups is 1. The van der Waals surface area contributed by atoms with Crippen LogP contribution in [0.3, 0.4) is 0 Å². The average molecular weight is 283 g/mol. The molecule has 19 heavy (non-hydrogen) atoms. The molecule has 0 spiro atoms. The van der Waals surface area contributed by atoms with Gasteiger partial charge in [0.25, 0.3) is 5.91 Å². The lowest BCUT2D eigenvalue weighted by atomic mass is 10.1. The first kappa shape index (κ1) is 13.3. The molecule has 1 aromatic rings. The van der Waals surface area contributed by atoms with Gasteiger partial charge in [0.2, 0.25) is 0 Å². The summed E-state index contributed by atoms with van der Waals surface area (Å²) in [6.07, 6.45) is 0. The summed E-state index contributed by atoms with van der Waals surface area (Å²) in [6.45, 7) is 1.76. The summed E-state index contributed by atoms with van der Waals surface area (Å²) in [6, 6.07) is 2.76. The van der Waals surface area contributed by atoms with Gasteiger partial charge in [-0.15, -0.1) is 0 Å². The van der Waals surface area contributed by atoms with E-state index >= 15 is 0 Å². The smallest absolute Gasteiger partial charge is 0.280 e. The molecule has 0 fully saturated rings. The molecule has 1 aliphatic rings. The number of aryl methyl sites for hydroxylation is 1. The summed E-state index contributed by atoms with van der Waals surface area (Å²) >= 11 is 0. The molecule has 1 amide bonds. The Morgan fingerprint density at radius 1 is 1.37 bits per heavy atom. The van der Waals surface area contributed by atoms with Gasteiger partial charge in [0.05, 0.1) is 5.75 Å². The van der Waals surface area contributed by atoms with Crippen molar-refractivity contribution in [2.24, 2.45) is 16.5 Å². The highest BCUT2D eigenvalue weighted by molar-refractivity contribution is 7.91. The van der Waals surface area contributed by atoms with Crippen LogP contribution in [-0.2, 0) is 9.84 Å². The number of ether oxygens (including phenoxy) is 1. The molecule has 0 saturated carbocycles. The second-order valence-electron chi connectivity index (χ2n) is 4.12. The molecule has 0 bridgehead atoms. The number of guanidine groups is 1. The molecule has 7 nitrogen and oxygen atoms in total. The number of carbonyl (C=O) groups excluding carboxylic acids is 1. The molecule has 1 aromatic carbocycles. The van der Waals surface area contributed by atoms with Gasteiger partial charge in [-0.2, -0.15) is 4.99 Å². The lowest BCUT2D eigenvalue weighted by molar-refractivity contribution is 0.100. The zero-order chi connectivity index (χ0) is 14.2. The van der Waals surface area contributed by atoms with Crippen molar-refractivity contribution in [3.8, 4) is 5.75 Å². The molecule has 0 unspecified atom stereocenters. The van der Waals surface area contributed by atoms with Crippen LogP contribution in [0.4, 0.5) is 0 Å². The fourth-order valence-electron chi connectivity index (χ4n) is 1.80. The van der Waals surface area contributed by atoms with E-state index in [0.29, 0.717) is 5.56 Å². The Hall–Kier alpha value is -2.09. The highest BCUT2D eigenvalue weighted by Crippen LogP contribution is 2.31. The van der Waals surface area contributed by atoms with Crippen LogP contribution in [-0.4, -0.2) is 32.6 Å². The van der Waals surface area contributed by atoms with E-state index in [1.165, 1.54) is 12.1 Å². The molecule has 4 N–H and O–H groups in total. The molecule has 0 saturated heterocycles.